The summed E-state index contributed by atoms with van der Waals surface area (Å²) in [4.78, 5) is 35.4. The van der Waals surface area contributed by atoms with E-state index in [1.165, 1.54) is 11.3 Å². The minimum atomic E-state index is -1.01. The van der Waals surface area contributed by atoms with Gasteiger partial charge < -0.3 is 14.8 Å². The molecular formula is C13H17NO5S. The third-order valence-corrected chi connectivity index (χ3v) is 3.48. The van der Waals surface area contributed by atoms with Crippen molar-refractivity contribution >= 4 is 34.2 Å². The molecule has 7 heteroatoms. The van der Waals surface area contributed by atoms with E-state index in [2.05, 4.69) is 10.1 Å². The highest BCUT2D eigenvalue weighted by atomic mass is 32.1. The summed E-state index contributed by atoms with van der Waals surface area (Å²) in [5.74, 6) is -2.44. The van der Waals surface area contributed by atoms with Crippen LogP contribution in [0.25, 0.3) is 0 Å². The fraction of sp³-hybridized carbons (Fsp3) is 0.462. The maximum Gasteiger partial charge on any atom is 0.396 e. The van der Waals surface area contributed by atoms with Crippen molar-refractivity contribution in [1.29, 1.82) is 0 Å². The average molecular weight is 299 g/mol. The maximum atomic E-state index is 11.8. The smallest absolute Gasteiger partial charge is 0.396 e. The Labute approximate surface area is 121 Å². The van der Waals surface area contributed by atoms with Crippen molar-refractivity contribution in [3.8, 4) is 0 Å². The number of methoxy groups -OCH3 is 1. The Hall–Kier alpha value is -1.89. The summed E-state index contributed by atoms with van der Waals surface area (Å²) in [6, 6.07) is 1.68. The Kier molecular flexibility index (Phi) is 6.17. The number of rotatable bonds is 5. The van der Waals surface area contributed by atoms with E-state index in [-0.39, 0.29) is 12.2 Å². The van der Waals surface area contributed by atoms with Gasteiger partial charge in [0, 0.05) is 4.88 Å². The van der Waals surface area contributed by atoms with Gasteiger partial charge in [0.05, 0.1) is 19.3 Å². The highest BCUT2D eigenvalue weighted by Gasteiger charge is 2.22. The van der Waals surface area contributed by atoms with Gasteiger partial charge in [0.1, 0.15) is 5.00 Å². The van der Waals surface area contributed by atoms with Crippen LogP contribution < -0.4 is 5.32 Å². The first kappa shape index (κ1) is 16.2. The van der Waals surface area contributed by atoms with Crippen molar-refractivity contribution in [2.45, 2.75) is 26.7 Å². The molecule has 0 fully saturated rings. The van der Waals surface area contributed by atoms with Crippen molar-refractivity contribution in [2.75, 3.05) is 19.0 Å². The molecule has 0 saturated heterocycles. The van der Waals surface area contributed by atoms with E-state index in [1.54, 1.807) is 13.0 Å². The fourth-order valence-electron chi connectivity index (χ4n) is 1.51. The molecule has 1 N–H and O–H groups in total. The number of esters is 2. The molecule has 0 aliphatic rings. The molecule has 20 heavy (non-hydrogen) atoms. The van der Waals surface area contributed by atoms with Crippen LogP contribution in [0.15, 0.2) is 6.07 Å². The summed E-state index contributed by atoms with van der Waals surface area (Å²) in [7, 11) is 1.12. The number of carbonyl (C=O) groups is 3. The third-order valence-electron chi connectivity index (χ3n) is 2.37. The van der Waals surface area contributed by atoms with Crippen molar-refractivity contribution < 1.29 is 23.9 Å². The van der Waals surface area contributed by atoms with Crippen LogP contribution in [-0.4, -0.2) is 31.6 Å². The monoisotopic (exact) mass is 299 g/mol. The molecule has 1 amide bonds. The molecule has 0 aliphatic heterocycles. The largest absolute Gasteiger partial charge is 0.462 e. The van der Waals surface area contributed by atoms with E-state index >= 15 is 0 Å². The Morgan fingerprint density at radius 3 is 2.55 bits per heavy atom. The van der Waals surface area contributed by atoms with Gasteiger partial charge in [-0.15, -0.1) is 11.3 Å². The Morgan fingerprint density at radius 1 is 1.30 bits per heavy atom. The van der Waals surface area contributed by atoms with Crippen LogP contribution in [0.1, 0.15) is 35.5 Å². The zero-order chi connectivity index (χ0) is 15.1. The van der Waals surface area contributed by atoms with Crippen LogP contribution in [0.5, 0.6) is 0 Å². The lowest BCUT2D eigenvalue weighted by molar-refractivity contribution is -0.150. The topological polar surface area (TPSA) is 81.7 Å². The molecule has 0 aliphatic carbocycles. The number of nitrogens with one attached hydrogen (secondary N) is 1. The SMILES string of the molecule is CCCc1cc(C(=O)OCC)c(NC(=O)C(=O)OC)s1. The van der Waals surface area contributed by atoms with Crippen LogP contribution in [0.2, 0.25) is 0 Å². The number of carbonyl (C=O) groups excluding carboxylic acids is 3. The molecule has 1 rings (SSSR count). The molecule has 0 radical (unpaired) electrons. The number of hydrogen-bond acceptors (Lipinski definition) is 6. The Balaban J connectivity index is 2.99. The number of thiophene rings is 1. The number of anilines is 1. The molecule has 0 spiro atoms. The number of ether oxygens (including phenoxy) is 2. The lowest BCUT2D eigenvalue weighted by Gasteiger charge is -2.04. The zero-order valence-corrected chi connectivity index (χ0v) is 12.5. The standard InChI is InChI=1S/C13H17NO5S/c1-4-6-8-7-9(12(16)19-5-2)11(20-8)14-10(15)13(17)18-3/h7H,4-6H2,1-3H3,(H,14,15). The summed E-state index contributed by atoms with van der Waals surface area (Å²) in [6.07, 6.45) is 1.69. The van der Waals surface area contributed by atoms with Crippen LogP contribution in [-0.2, 0) is 25.5 Å². The Bertz CT molecular complexity index is 509. The first-order valence-electron chi connectivity index (χ1n) is 6.22. The summed E-state index contributed by atoms with van der Waals surface area (Å²) < 4.78 is 9.25. The van der Waals surface area contributed by atoms with Gasteiger partial charge in [0.25, 0.3) is 0 Å². The molecule has 6 nitrogen and oxygen atoms in total. The summed E-state index contributed by atoms with van der Waals surface area (Å²) >= 11 is 1.25. The lowest BCUT2D eigenvalue weighted by Crippen LogP contribution is -2.24. The molecule has 0 atom stereocenters. The van der Waals surface area contributed by atoms with Gasteiger partial charge in [0.2, 0.25) is 0 Å². The van der Waals surface area contributed by atoms with Gasteiger partial charge in [-0.2, -0.15) is 0 Å². The first-order chi connectivity index (χ1) is 9.53. The minimum Gasteiger partial charge on any atom is -0.462 e. The molecule has 1 aromatic rings. The number of aryl methyl sites for hydroxylation is 1. The number of amides is 1. The minimum absolute atomic E-state index is 0.238. The van der Waals surface area contributed by atoms with Gasteiger partial charge >= 0.3 is 17.8 Å². The summed E-state index contributed by atoms with van der Waals surface area (Å²) in [5.41, 5.74) is 0.262. The highest BCUT2D eigenvalue weighted by molar-refractivity contribution is 7.16. The quantitative estimate of drug-likeness (QED) is 0.664. The van der Waals surface area contributed by atoms with E-state index in [1.807, 2.05) is 6.92 Å². The third kappa shape index (κ3) is 4.06. The second-order valence-corrected chi connectivity index (χ2v) is 5.01. The van der Waals surface area contributed by atoms with Gasteiger partial charge in [-0.25, -0.2) is 9.59 Å². The molecule has 0 saturated carbocycles. The molecule has 110 valence electrons. The molecule has 0 bridgehead atoms. The van der Waals surface area contributed by atoms with E-state index in [9.17, 15) is 14.4 Å². The van der Waals surface area contributed by atoms with Crippen molar-refractivity contribution in [1.82, 2.24) is 0 Å². The van der Waals surface area contributed by atoms with Crippen LogP contribution in [0, 0.1) is 0 Å². The van der Waals surface area contributed by atoms with Crippen LogP contribution in [0.4, 0.5) is 5.00 Å². The fourth-order valence-corrected chi connectivity index (χ4v) is 2.65. The zero-order valence-electron chi connectivity index (χ0n) is 11.6. The van der Waals surface area contributed by atoms with Gasteiger partial charge in [-0.05, 0) is 19.4 Å². The number of hydrogen-bond donors (Lipinski definition) is 1. The summed E-state index contributed by atoms with van der Waals surface area (Å²) in [6.45, 7) is 3.95. The van der Waals surface area contributed by atoms with Crippen molar-refractivity contribution in [3.05, 3.63) is 16.5 Å². The molecule has 0 unspecified atom stereocenters. The molecule has 1 heterocycles. The first-order valence-corrected chi connectivity index (χ1v) is 7.04. The van der Waals surface area contributed by atoms with E-state index in [4.69, 9.17) is 4.74 Å². The van der Waals surface area contributed by atoms with Crippen molar-refractivity contribution in [3.63, 3.8) is 0 Å². The van der Waals surface area contributed by atoms with Crippen molar-refractivity contribution in [2.24, 2.45) is 0 Å². The van der Waals surface area contributed by atoms with E-state index < -0.39 is 17.8 Å². The normalized spacial score (nSPS) is 9.95. The highest BCUT2D eigenvalue weighted by Crippen LogP contribution is 2.29. The second kappa shape index (κ2) is 7.64. The Morgan fingerprint density at radius 2 is 2.00 bits per heavy atom. The molecule has 1 aromatic heterocycles. The average Bonchev–Trinajstić information content (AvgIpc) is 2.81. The predicted molar refractivity (Wildman–Crippen MR) is 74.9 cm³/mol. The van der Waals surface area contributed by atoms with Crippen LogP contribution >= 0.6 is 11.3 Å². The molecule has 0 aromatic carbocycles. The van der Waals surface area contributed by atoms with Gasteiger partial charge in [-0.3, -0.25) is 4.79 Å². The summed E-state index contributed by atoms with van der Waals surface area (Å²) in [5, 5.41) is 2.69. The lowest BCUT2D eigenvalue weighted by atomic mass is 10.2. The molecular weight excluding hydrogens is 282 g/mol. The van der Waals surface area contributed by atoms with Gasteiger partial charge in [0.15, 0.2) is 0 Å². The maximum absolute atomic E-state index is 11.8. The predicted octanol–water partition coefficient (Wildman–Crippen LogP) is 1.99. The van der Waals surface area contributed by atoms with E-state index in [0.29, 0.717) is 5.00 Å². The van der Waals surface area contributed by atoms with E-state index in [0.717, 1.165) is 24.8 Å². The van der Waals surface area contributed by atoms with Crippen LogP contribution in [0.3, 0.4) is 0 Å². The second-order valence-electron chi connectivity index (χ2n) is 3.87. The van der Waals surface area contributed by atoms with Gasteiger partial charge in [-0.1, -0.05) is 13.3 Å².